The van der Waals surface area contributed by atoms with Gasteiger partial charge in [0.25, 0.3) is 0 Å². The molecule has 1 aromatic heterocycles. The minimum absolute atomic E-state index is 0.530. The second-order valence-electron chi connectivity index (χ2n) is 4.57. The second-order valence-corrected chi connectivity index (χ2v) is 5.01. The van der Waals surface area contributed by atoms with Gasteiger partial charge in [-0.15, -0.1) is 0 Å². The fourth-order valence-electron chi connectivity index (χ4n) is 1.92. The maximum absolute atomic E-state index is 6.00. The highest BCUT2D eigenvalue weighted by Gasteiger charge is 2.14. The summed E-state index contributed by atoms with van der Waals surface area (Å²) in [4.78, 5) is 0. The van der Waals surface area contributed by atoms with Crippen LogP contribution in [0.3, 0.4) is 0 Å². The number of hydrogen-bond acceptors (Lipinski definition) is 2. The highest BCUT2D eigenvalue weighted by molar-refractivity contribution is 6.30. The quantitative estimate of drug-likeness (QED) is 0.875. The first-order chi connectivity index (χ1) is 8.08. The minimum atomic E-state index is 0.530. The molecule has 0 spiro atoms. The van der Waals surface area contributed by atoms with Gasteiger partial charge in [0, 0.05) is 16.3 Å². The van der Waals surface area contributed by atoms with Crippen molar-refractivity contribution in [1.82, 2.24) is 10.2 Å². The van der Waals surface area contributed by atoms with Crippen molar-refractivity contribution >= 4 is 17.4 Å². The van der Waals surface area contributed by atoms with E-state index >= 15 is 0 Å². The van der Waals surface area contributed by atoms with Crippen molar-refractivity contribution in [2.45, 2.75) is 20.3 Å². The molecule has 0 bridgehead atoms. The van der Waals surface area contributed by atoms with Gasteiger partial charge in [-0.3, -0.25) is 5.10 Å². The van der Waals surface area contributed by atoms with Crippen LogP contribution in [0.25, 0.3) is 11.1 Å². The van der Waals surface area contributed by atoms with Crippen LogP contribution in [-0.4, -0.2) is 10.2 Å². The van der Waals surface area contributed by atoms with Crippen molar-refractivity contribution in [3.05, 3.63) is 35.0 Å². The summed E-state index contributed by atoms with van der Waals surface area (Å²) < 4.78 is 0. The average Bonchev–Trinajstić information content (AvgIpc) is 2.59. The molecule has 4 heteroatoms. The van der Waals surface area contributed by atoms with E-state index in [2.05, 4.69) is 24.0 Å². The number of anilines is 1. The fraction of sp³-hybridized carbons (Fsp3) is 0.308. The summed E-state index contributed by atoms with van der Waals surface area (Å²) in [6.45, 7) is 4.33. The van der Waals surface area contributed by atoms with Crippen LogP contribution in [0.1, 0.15) is 19.5 Å². The number of aromatic nitrogens is 2. The summed E-state index contributed by atoms with van der Waals surface area (Å²) in [5, 5.41) is 7.80. The number of nitrogens with two attached hydrogens (primary N) is 1. The predicted molar refractivity (Wildman–Crippen MR) is 72.0 cm³/mol. The second kappa shape index (κ2) is 4.80. The van der Waals surface area contributed by atoms with E-state index in [0.717, 1.165) is 23.2 Å². The molecule has 0 fully saturated rings. The Labute approximate surface area is 106 Å². The van der Waals surface area contributed by atoms with E-state index in [0.29, 0.717) is 16.8 Å². The maximum atomic E-state index is 6.00. The van der Waals surface area contributed by atoms with Gasteiger partial charge < -0.3 is 5.73 Å². The zero-order valence-corrected chi connectivity index (χ0v) is 10.8. The lowest BCUT2D eigenvalue weighted by atomic mass is 10.00. The van der Waals surface area contributed by atoms with E-state index in [4.69, 9.17) is 17.3 Å². The van der Waals surface area contributed by atoms with Gasteiger partial charge in [0.2, 0.25) is 0 Å². The number of aromatic amines is 1. The smallest absolute Gasteiger partial charge is 0.153 e. The van der Waals surface area contributed by atoms with Crippen LogP contribution in [0.15, 0.2) is 24.3 Å². The third kappa shape index (κ3) is 2.61. The van der Waals surface area contributed by atoms with Crippen LogP contribution >= 0.6 is 11.6 Å². The Morgan fingerprint density at radius 2 is 2.18 bits per heavy atom. The Kier molecular flexibility index (Phi) is 3.38. The van der Waals surface area contributed by atoms with E-state index in [1.807, 2.05) is 24.3 Å². The molecule has 0 aliphatic rings. The van der Waals surface area contributed by atoms with Gasteiger partial charge in [0.15, 0.2) is 5.82 Å². The average molecular weight is 250 g/mol. The highest BCUT2D eigenvalue weighted by Crippen LogP contribution is 2.30. The molecule has 1 aromatic carbocycles. The number of nitrogens with zero attached hydrogens (tertiary/aromatic N) is 1. The van der Waals surface area contributed by atoms with Crippen molar-refractivity contribution in [2.24, 2.45) is 5.92 Å². The van der Waals surface area contributed by atoms with Gasteiger partial charge >= 0.3 is 0 Å². The molecule has 0 unspecified atom stereocenters. The van der Waals surface area contributed by atoms with E-state index in [1.165, 1.54) is 0 Å². The monoisotopic (exact) mass is 249 g/mol. The van der Waals surface area contributed by atoms with Crippen molar-refractivity contribution in [2.75, 3.05) is 5.73 Å². The van der Waals surface area contributed by atoms with E-state index < -0.39 is 0 Å². The van der Waals surface area contributed by atoms with Gasteiger partial charge in [-0.1, -0.05) is 37.6 Å². The lowest BCUT2D eigenvalue weighted by Crippen LogP contribution is -1.97. The molecule has 0 aliphatic heterocycles. The maximum Gasteiger partial charge on any atom is 0.153 e. The van der Waals surface area contributed by atoms with E-state index in [1.54, 1.807) is 0 Å². The van der Waals surface area contributed by atoms with Crippen molar-refractivity contribution < 1.29 is 0 Å². The number of halogens is 1. The molecule has 17 heavy (non-hydrogen) atoms. The molecule has 0 atom stereocenters. The molecule has 0 aliphatic carbocycles. The third-order valence-electron chi connectivity index (χ3n) is 2.59. The molecule has 3 N–H and O–H groups in total. The Balaban J connectivity index is 2.47. The lowest BCUT2D eigenvalue weighted by Gasteiger charge is -2.07. The predicted octanol–water partition coefficient (Wildman–Crippen LogP) is 3.51. The van der Waals surface area contributed by atoms with Crippen LogP contribution in [-0.2, 0) is 6.42 Å². The van der Waals surface area contributed by atoms with Gasteiger partial charge in [-0.2, -0.15) is 5.10 Å². The number of nitrogens with one attached hydrogen (secondary N) is 1. The number of nitrogen functional groups attached to an aromatic ring is 1. The number of benzene rings is 1. The number of H-pyrrole nitrogens is 1. The Morgan fingerprint density at radius 1 is 1.41 bits per heavy atom. The Morgan fingerprint density at radius 3 is 2.82 bits per heavy atom. The van der Waals surface area contributed by atoms with Crippen LogP contribution in [0, 0.1) is 5.92 Å². The summed E-state index contributed by atoms with van der Waals surface area (Å²) in [5.41, 5.74) is 8.97. The summed E-state index contributed by atoms with van der Waals surface area (Å²) in [7, 11) is 0. The summed E-state index contributed by atoms with van der Waals surface area (Å²) in [6, 6.07) is 7.68. The number of rotatable bonds is 3. The molecular weight excluding hydrogens is 234 g/mol. The van der Waals surface area contributed by atoms with Crippen LogP contribution in [0.2, 0.25) is 5.02 Å². The standard InChI is InChI=1S/C13H16ClN3/c1-8(2)6-11-12(13(15)17-16-11)9-4-3-5-10(14)7-9/h3-5,7-8H,6H2,1-2H3,(H3,15,16,17). The largest absolute Gasteiger partial charge is 0.382 e. The lowest BCUT2D eigenvalue weighted by molar-refractivity contribution is 0.634. The van der Waals surface area contributed by atoms with Crippen LogP contribution in [0.5, 0.6) is 0 Å². The topological polar surface area (TPSA) is 54.7 Å². The first-order valence-corrected chi connectivity index (χ1v) is 6.04. The molecule has 0 saturated heterocycles. The van der Waals surface area contributed by atoms with Gasteiger partial charge in [-0.25, -0.2) is 0 Å². The van der Waals surface area contributed by atoms with Crippen molar-refractivity contribution in [3.8, 4) is 11.1 Å². The SMILES string of the molecule is CC(C)Cc1[nH]nc(N)c1-c1cccc(Cl)c1. The van der Waals surface area contributed by atoms with Crippen molar-refractivity contribution in [1.29, 1.82) is 0 Å². The van der Waals surface area contributed by atoms with E-state index in [-0.39, 0.29) is 0 Å². The van der Waals surface area contributed by atoms with Gasteiger partial charge in [0.05, 0.1) is 0 Å². The summed E-state index contributed by atoms with van der Waals surface area (Å²) in [5.74, 6) is 1.08. The Hall–Kier alpha value is -1.48. The molecule has 0 radical (unpaired) electrons. The first kappa shape index (κ1) is 12.0. The minimum Gasteiger partial charge on any atom is -0.382 e. The molecular formula is C13H16ClN3. The van der Waals surface area contributed by atoms with Crippen LogP contribution < -0.4 is 5.73 Å². The molecule has 2 aromatic rings. The zero-order valence-electron chi connectivity index (χ0n) is 10.00. The summed E-state index contributed by atoms with van der Waals surface area (Å²) >= 11 is 6.00. The van der Waals surface area contributed by atoms with Gasteiger partial charge in [-0.05, 0) is 30.0 Å². The zero-order chi connectivity index (χ0) is 12.4. The number of hydrogen-bond donors (Lipinski definition) is 2. The van der Waals surface area contributed by atoms with Crippen LogP contribution in [0.4, 0.5) is 5.82 Å². The molecule has 3 nitrogen and oxygen atoms in total. The van der Waals surface area contributed by atoms with E-state index in [9.17, 15) is 0 Å². The molecule has 2 rings (SSSR count). The highest BCUT2D eigenvalue weighted by atomic mass is 35.5. The molecule has 0 amide bonds. The molecule has 1 heterocycles. The molecule has 90 valence electrons. The summed E-state index contributed by atoms with van der Waals surface area (Å²) in [6.07, 6.45) is 0.923. The Bertz CT molecular complexity index is 517. The normalized spacial score (nSPS) is 11.1. The fourth-order valence-corrected chi connectivity index (χ4v) is 2.11. The molecule has 0 saturated carbocycles. The van der Waals surface area contributed by atoms with Crippen molar-refractivity contribution in [3.63, 3.8) is 0 Å². The van der Waals surface area contributed by atoms with Gasteiger partial charge in [0.1, 0.15) is 0 Å². The third-order valence-corrected chi connectivity index (χ3v) is 2.83. The first-order valence-electron chi connectivity index (χ1n) is 5.66.